The molecule has 7 heteroatoms. The minimum Gasteiger partial charge on any atom is -0.345 e. The summed E-state index contributed by atoms with van der Waals surface area (Å²) >= 11 is 1.76. The number of hydrogen-bond acceptors (Lipinski definition) is 5. The molecule has 1 spiro atoms. The van der Waals surface area contributed by atoms with E-state index in [1.165, 1.54) is 5.56 Å². The van der Waals surface area contributed by atoms with Gasteiger partial charge in [-0.25, -0.2) is 9.67 Å². The number of carbonyl (C=O) groups is 1. The Hall–Kier alpha value is -1.73. The molecule has 1 aliphatic carbocycles. The van der Waals surface area contributed by atoms with Gasteiger partial charge in [0.2, 0.25) is 5.91 Å². The number of aryl methyl sites for hydroxylation is 1. The smallest absolute Gasteiger partial charge is 0.223 e. The molecule has 0 aromatic carbocycles. The molecule has 3 aliphatic rings. The second-order valence-corrected chi connectivity index (χ2v) is 8.54. The van der Waals surface area contributed by atoms with Crippen molar-refractivity contribution in [2.24, 2.45) is 11.3 Å². The first-order valence-corrected chi connectivity index (χ1v) is 10.1. The average Bonchev–Trinajstić information content (AvgIpc) is 2.99. The Labute approximate surface area is 151 Å². The molecule has 0 bridgehead atoms. The van der Waals surface area contributed by atoms with Gasteiger partial charge in [0, 0.05) is 31.0 Å². The fourth-order valence-corrected chi connectivity index (χ4v) is 5.10. The van der Waals surface area contributed by atoms with Crippen LogP contribution in [0.1, 0.15) is 43.1 Å². The minimum absolute atomic E-state index is 0.00988. The van der Waals surface area contributed by atoms with Gasteiger partial charge < -0.3 is 5.32 Å². The van der Waals surface area contributed by atoms with E-state index in [4.69, 9.17) is 0 Å². The largest absolute Gasteiger partial charge is 0.345 e. The Morgan fingerprint density at radius 3 is 3.04 bits per heavy atom. The third-order valence-electron chi connectivity index (χ3n) is 6.02. The summed E-state index contributed by atoms with van der Waals surface area (Å²) in [4.78, 5) is 19.5. The van der Waals surface area contributed by atoms with Crippen LogP contribution in [0, 0.1) is 11.3 Å². The lowest BCUT2D eigenvalue weighted by atomic mass is 9.74. The maximum atomic E-state index is 12.5. The van der Waals surface area contributed by atoms with Crippen LogP contribution in [0.15, 0.2) is 23.2 Å². The summed E-state index contributed by atoms with van der Waals surface area (Å²) < 4.78 is 1.98. The molecule has 0 radical (unpaired) electrons. The van der Waals surface area contributed by atoms with Crippen molar-refractivity contribution in [3.8, 4) is 0 Å². The van der Waals surface area contributed by atoms with Crippen LogP contribution in [0.3, 0.4) is 0 Å². The summed E-state index contributed by atoms with van der Waals surface area (Å²) in [5, 5.41) is 12.1. The standard InChI is InChI=1S/C18H23N5OS/c24-17(14-1-2-14)21-15-16-19-12-20-23(16)7-5-18(15)4-6-22(11-18)9-13-3-8-25-10-13/h3,8,10,12,14-15H,1-2,4-7,9,11H2,(H,21,24). The van der Waals surface area contributed by atoms with Gasteiger partial charge in [-0.3, -0.25) is 9.69 Å². The Morgan fingerprint density at radius 1 is 1.36 bits per heavy atom. The maximum Gasteiger partial charge on any atom is 0.223 e. The van der Waals surface area contributed by atoms with Gasteiger partial charge in [-0.2, -0.15) is 16.4 Å². The molecule has 2 aromatic heterocycles. The predicted molar refractivity (Wildman–Crippen MR) is 94.9 cm³/mol. The topological polar surface area (TPSA) is 63.1 Å². The summed E-state index contributed by atoms with van der Waals surface area (Å²) in [5.74, 6) is 1.37. The quantitative estimate of drug-likeness (QED) is 0.911. The normalized spacial score (nSPS) is 29.0. The van der Waals surface area contributed by atoms with Gasteiger partial charge in [0.15, 0.2) is 0 Å². The lowest BCUT2D eigenvalue weighted by molar-refractivity contribution is -0.124. The van der Waals surface area contributed by atoms with Gasteiger partial charge in [0.05, 0.1) is 6.04 Å². The van der Waals surface area contributed by atoms with Crippen molar-refractivity contribution in [2.75, 3.05) is 13.1 Å². The summed E-state index contributed by atoms with van der Waals surface area (Å²) in [5.41, 5.74) is 1.48. The molecule has 25 heavy (non-hydrogen) atoms. The van der Waals surface area contributed by atoms with Crippen LogP contribution in [0.4, 0.5) is 0 Å². The molecule has 6 nitrogen and oxygen atoms in total. The van der Waals surface area contributed by atoms with Crippen molar-refractivity contribution in [1.29, 1.82) is 0 Å². The monoisotopic (exact) mass is 357 g/mol. The van der Waals surface area contributed by atoms with E-state index >= 15 is 0 Å². The van der Waals surface area contributed by atoms with E-state index in [0.29, 0.717) is 0 Å². The molecule has 2 atom stereocenters. The minimum atomic E-state index is -0.00988. The molecule has 1 N–H and O–H groups in total. The summed E-state index contributed by atoms with van der Waals surface area (Å²) in [6, 6.07) is 2.20. The number of hydrogen-bond donors (Lipinski definition) is 1. The highest BCUT2D eigenvalue weighted by atomic mass is 32.1. The fourth-order valence-electron chi connectivity index (χ4n) is 4.44. The van der Waals surface area contributed by atoms with Crippen LogP contribution in [0.5, 0.6) is 0 Å². The Bertz CT molecular complexity index is 768. The lowest BCUT2D eigenvalue weighted by Gasteiger charge is -2.41. The summed E-state index contributed by atoms with van der Waals surface area (Å²) in [6.07, 6.45) is 5.85. The van der Waals surface area contributed by atoms with Gasteiger partial charge in [0.25, 0.3) is 0 Å². The Morgan fingerprint density at radius 2 is 2.24 bits per heavy atom. The first kappa shape index (κ1) is 15.5. The number of fused-ring (bicyclic) bond motifs is 1. The molecule has 2 aliphatic heterocycles. The molecular formula is C18H23N5OS. The SMILES string of the molecule is O=C(NC1c2ncnn2CCC12CCN(Cc1ccsc1)C2)C1CC1. The zero-order valence-corrected chi connectivity index (χ0v) is 15.0. The average molecular weight is 357 g/mol. The van der Waals surface area contributed by atoms with Crippen LogP contribution in [0.25, 0.3) is 0 Å². The number of rotatable bonds is 4. The summed E-state index contributed by atoms with van der Waals surface area (Å²) in [7, 11) is 0. The number of nitrogens with one attached hydrogen (secondary N) is 1. The van der Waals surface area contributed by atoms with Gasteiger partial charge in [-0.05, 0) is 54.6 Å². The highest BCUT2D eigenvalue weighted by Crippen LogP contribution is 2.48. The van der Waals surface area contributed by atoms with Gasteiger partial charge >= 0.3 is 0 Å². The van der Waals surface area contributed by atoms with Crippen molar-refractivity contribution in [1.82, 2.24) is 25.0 Å². The first-order chi connectivity index (χ1) is 12.2. The highest BCUT2D eigenvalue weighted by Gasteiger charge is 2.50. The zero-order valence-electron chi connectivity index (χ0n) is 14.2. The van der Waals surface area contributed by atoms with E-state index < -0.39 is 0 Å². The van der Waals surface area contributed by atoms with E-state index in [-0.39, 0.29) is 23.3 Å². The number of thiophene rings is 1. The molecule has 4 heterocycles. The van der Waals surface area contributed by atoms with Crippen LogP contribution in [0.2, 0.25) is 0 Å². The predicted octanol–water partition coefficient (Wildman–Crippen LogP) is 2.20. The molecule has 2 unspecified atom stereocenters. The van der Waals surface area contributed by atoms with Crippen LogP contribution in [-0.4, -0.2) is 38.7 Å². The highest BCUT2D eigenvalue weighted by molar-refractivity contribution is 7.07. The van der Waals surface area contributed by atoms with Crippen molar-refractivity contribution in [3.63, 3.8) is 0 Å². The van der Waals surface area contributed by atoms with Crippen LogP contribution in [-0.2, 0) is 17.9 Å². The molecule has 1 saturated carbocycles. The van der Waals surface area contributed by atoms with Crippen molar-refractivity contribution >= 4 is 17.2 Å². The van der Waals surface area contributed by atoms with E-state index in [2.05, 4.69) is 37.1 Å². The van der Waals surface area contributed by atoms with E-state index in [9.17, 15) is 4.79 Å². The number of amides is 1. The Balaban J connectivity index is 1.39. The molecular weight excluding hydrogens is 334 g/mol. The van der Waals surface area contributed by atoms with Crippen molar-refractivity contribution < 1.29 is 4.79 Å². The molecule has 2 aromatic rings. The third kappa shape index (κ3) is 2.79. The van der Waals surface area contributed by atoms with E-state index in [1.807, 2.05) is 4.68 Å². The molecule has 132 valence electrons. The molecule has 1 amide bonds. The second-order valence-electron chi connectivity index (χ2n) is 7.76. The molecule has 2 fully saturated rings. The maximum absolute atomic E-state index is 12.5. The number of aromatic nitrogens is 3. The number of carbonyl (C=O) groups excluding carboxylic acids is 1. The van der Waals surface area contributed by atoms with Crippen molar-refractivity contribution in [3.05, 3.63) is 34.5 Å². The molecule has 5 rings (SSSR count). The number of nitrogens with zero attached hydrogens (tertiary/aromatic N) is 4. The lowest BCUT2D eigenvalue weighted by Crippen LogP contribution is -2.47. The van der Waals surface area contributed by atoms with Crippen LogP contribution >= 0.6 is 11.3 Å². The fraction of sp³-hybridized carbons (Fsp3) is 0.611. The van der Waals surface area contributed by atoms with Crippen molar-refractivity contribution in [2.45, 2.75) is 44.8 Å². The van der Waals surface area contributed by atoms with E-state index in [1.54, 1.807) is 17.7 Å². The molecule has 1 saturated heterocycles. The second kappa shape index (κ2) is 5.92. The van der Waals surface area contributed by atoms with Crippen LogP contribution < -0.4 is 5.32 Å². The third-order valence-corrected chi connectivity index (χ3v) is 6.76. The van der Waals surface area contributed by atoms with E-state index in [0.717, 1.165) is 57.7 Å². The zero-order chi connectivity index (χ0) is 16.9. The summed E-state index contributed by atoms with van der Waals surface area (Å²) in [6.45, 7) is 4.00. The van der Waals surface area contributed by atoms with Gasteiger partial charge in [0.1, 0.15) is 12.2 Å². The van der Waals surface area contributed by atoms with Gasteiger partial charge in [-0.1, -0.05) is 0 Å². The first-order valence-electron chi connectivity index (χ1n) is 9.15. The Kier molecular flexibility index (Phi) is 3.67. The van der Waals surface area contributed by atoms with Gasteiger partial charge in [-0.15, -0.1) is 0 Å². The number of likely N-dealkylation sites (tertiary alicyclic amines) is 1.